The molecule has 20 heavy (non-hydrogen) atoms. The first-order valence-corrected chi connectivity index (χ1v) is 6.07. The summed E-state index contributed by atoms with van der Waals surface area (Å²) in [4.78, 5) is 14.6. The van der Waals surface area contributed by atoms with Gasteiger partial charge in [0.2, 0.25) is 0 Å². The number of aromatic carboxylic acids is 1. The smallest absolute Gasteiger partial charge is 0.356 e. The molecule has 6 heteroatoms. The van der Waals surface area contributed by atoms with Gasteiger partial charge in [0, 0.05) is 12.4 Å². The Balaban J connectivity index is 1.78. The van der Waals surface area contributed by atoms with E-state index in [0.29, 0.717) is 6.54 Å². The molecule has 3 aromatic rings. The molecule has 2 aromatic heterocycles. The number of carbonyl (C=O) groups is 1. The molecule has 3 rings (SSSR count). The molecule has 100 valence electrons. The van der Waals surface area contributed by atoms with Crippen LogP contribution in [0.3, 0.4) is 0 Å². The highest BCUT2D eigenvalue weighted by Crippen LogP contribution is 2.08. The Kier molecular flexibility index (Phi) is 3.04. The fourth-order valence-corrected chi connectivity index (χ4v) is 1.91. The van der Waals surface area contributed by atoms with E-state index in [-0.39, 0.29) is 5.69 Å². The van der Waals surface area contributed by atoms with Gasteiger partial charge in [-0.15, -0.1) is 0 Å². The molecule has 0 aliphatic rings. The molecule has 0 aliphatic heterocycles. The summed E-state index contributed by atoms with van der Waals surface area (Å²) < 4.78 is 3.48. The maximum Gasteiger partial charge on any atom is 0.356 e. The van der Waals surface area contributed by atoms with Gasteiger partial charge in [0.15, 0.2) is 5.69 Å². The first kappa shape index (κ1) is 12.2. The molecule has 0 unspecified atom stereocenters. The van der Waals surface area contributed by atoms with Gasteiger partial charge in [0.25, 0.3) is 0 Å². The zero-order chi connectivity index (χ0) is 13.9. The van der Waals surface area contributed by atoms with Crippen LogP contribution in [-0.2, 0) is 6.54 Å². The second kappa shape index (κ2) is 5.00. The fourth-order valence-electron chi connectivity index (χ4n) is 1.91. The van der Waals surface area contributed by atoms with Crippen LogP contribution in [0.15, 0.2) is 55.1 Å². The Labute approximate surface area is 114 Å². The van der Waals surface area contributed by atoms with E-state index in [1.54, 1.807) is 9.25 Å². The average Bonchev–Trinajstić information content (AvgIpc) is 3.10. The van der Waals surface area contributed by atoms with Gasteiger partial charge in [-0.3, -0.25) is 0 Å². The average molecular weight is 268 g/mol. The summed E-state index contributed by atoms with van der Waals surface area (Å²) in [5.74, 6) is -1.03. The van der Waals surface area contributed by atoms with Gasteiger partial charge in [0.05, 0.1) is 24.3 Å². The van der Waals surface area contributed by atoms with E-state index in [0.717, 1.165) is 11.4 Å². The minimum Gasteiger partial charge on any atom is -0.476 e. The minimum absolute atomic E-state index is 0.0347. The van der Waals surface area contributed by atoms with Crippen molar-refractivity contribution in [3.8, 4) is 5.69 Å². The lowest BCUT2D eigenvalue weighted by Crippen LogP contribution is -2.01. The zero-order valence-corrected chi connectivity index (χ0v) is 10.5. The van der Waals surface area contributed by atoms with Gasteiger partial charge < -0.3 is 9.67 Å². The van der Waals surface area contributed by atoms with Crippen LogP contribution in [0.25, 0.3) is 5.69 Å². The van der Waals surface area contributed by atoms with E-state index in [9.17, 15) is 4.79 Å². The molecule has 2 heterocycles. The highest BCUT2D eigenvalue weighted by atomic mass is 16.4. The van der Waals surface area contributed by atoms with Crippen LogP contribution < -0.4 is 0 Å². The fraction of sp³-hybridized carbons (Fsp3) is 0.0714. The highest BCUT2D eigenvalue weighted by Gasteiger charge is 2.07. The summed E-state index contributed by atoms with van der Waals surface area (Å²) in [6.07, 6.45) is 4.86. The van der Waals surface area contributed by atoms with Gasteiger partial charge in [0.1, 0.15) is 0 Å². The molecule has 0 fully saturated rings. The lowest BCUT2D eigenvalue weighted by atomic mass is 10.3. The predicted octanol–water partition coefficient (Wildman–Crippen LogP) is 1.82. The monoisotopic (exact) mass is 268 g/mol. The molecule has 0 amide bonds. The van der Waals surface area contributed by atoms with Gasteiger partial charge in [-0.1, -0.05) is 18.2 Å². The second-order valence-electron chi connectivity index (χ2n) is 4.32. The molecular weight excluding hydrogens is 256 g/mol. The van der Waals surface area contributed by atoms with Crippen LogP contribution in [0.2, 0.25) is 0 Å². The van der Waals surface area contributed by atoms with E-state index in [1.807, 2.05) is 42.6 Å². The Morgan fingerprint density at radius 2 is 2.00 bits per heavy atom. The van der Waals surface area contributed by atoms with Crippen molar-refractivity contribution < 1.29 is 9.90 Å². The molecule has 6 nitrogen and oxygen atoms in total. The van der Waals surface area contributed by atoms with E-state index in [2.05, 4.69) is 10.1 Å². The van der Waals surface area contributed by atoms with Crippen molar-refractivity contribution in [2.45, 2.75) is 6.54 Å². The number of benzene rings is 1. The number of carboxylic acid groups (broad SMARTS) is 1. The number of para-hydroxylation sites is 1. The van der Waals surface area contributed by atoms with Crippen molar-refractivity contribution in [2.24, 2.45) is 0 Å². The van der Waals surface area contributed by atoms with Crippen LogP contribution in [0.4, 0.5) is 0 Å². The molecule has 0 spiro atoms. The summed E-state index contributed by atoms with van der Waals surface area (Å²) in [6, 6.07) is 11.7. The zero-order valence-electron chi connectivity index (χ0n) is 10.5. The standard InChI is InChI=1S/C14H12N4O2/c19-14(20)13-9-17(10-15-13)8-11-6-7-18(16-11)12-4-2-1-3-5-12/h1-7,9-10H,8H2,(H,19,20). The van der Waals surface area contributed by atoms with Crippen LogP contribution >= 0.6 is 0 Å². The maximum absolute atomic E-state index is 10.8. The van der Waals surface area contributed by atoms with Crippen molar-refractivity contribution in [1.82, 2.24) is 19.3 Å². The normalized spacial score (nSPS) is 10.6. The molecule has 0 radical (unpaired) electrons. The van der Waals surface area contributed by atoms with Crippen molar-refractivity contribution >= 4 is 5.97 Å². The third kappa shape index (κ3) is 2.44. The van der Waals surface area contributed by atoms with Gasteiger partial charge in [-0.05, 0) is 18.2 Å². The third-order valence-electron chi connectivity index (χ3n) is 2.86. The third-order valence-corrected chi connectivity index (χ3v) is 2.86. The number of hydrogen-bond acceptors (Lipinski definition) is 3. The first-order valence-electron chi connectivity index (χ1n) is 6.07. The van der Waals surface area contributed by atoms with Gasteiger partial charge in [-0.2, -0.15) is 5.10 Å². The number of carboxylic acids is 1. The number of hydrogen-bond donors (Lipinski definition) is 1. The van der Waals surface area contributed by atoms with E-state index >= 15 is 0 Å². The van der Waals surface area contributed by atoms with E-state index in [4.69, 9.17) is 5.11 Å². The minimum atomic E-state index is -1.03. The largest absolute Gasteiger partial charge is 0.476 e. The Hall–Kier alpha value is -2.89. The van der Waals surface area contributed by atoms with Crippen molar-refractivity contribution in [1.29, 1.82) is 0 Å². The summed E-state index contributed by atoms with van der Waals surface area (Å²) in [6.45, 7) is 0.486. The van der Waals surface area contributed by atoms with Crippen molar-refractivity contribution in [3.05, 3.63) is 66.5 Å². The summed E-state index contributed by atoms with van der Waals surface area (Å²) in [5.41, 5.74) is 1.85. The highest BCUT2D eigenvalue weighted by molar-refractivity contribution is 5.84. The SMILES string of the molecule is O=C(O)c1cn(Cc2ccn(-c3ccccc3)n2)cn1. The van der Waals surface area contributed by atoms with Crippen LogP contribution in [-0.4, -0.2) is 30.4 Å². The molecule has 1 N–H and O–H groups in total. The van der Waals surface area contributed by atoms with Gasteiger partial charge in [-0.25, -0.2) is 14.5 Å². The van der Waals surface area contributed by atoms with E-state index < -0.39 is 5.97 Å². The number of imidazole rings is 1. The predicted molar refractivity (Wildman–Crippen MR) is 71.9 cm³/mol. The van der Waals surface area contributed by atoms with Crippen molar-refractivity contribution in [2.75, 3.05) is 0 Å². The summed E-state index contributed by atoms with van der Waals surface area (Å²) in [7, 11) is 0. The Bertz CT molecular complexity index is 730. The molecule has 1 aromatic carbocycles. The molecular formula is C14H12N4O2. The van der Waals surface area contributed by atoms with Gasteiger partial charge >= 0.3 is 5.97 Å². The van der Waals surface area contributed by atoms with Crippen LogP contribution in [0, 0.1) is 0 Å². The Morgan fingerprint density at radius 3 is 2.70 bits per heavy atom. The quantitative estimate of drug-likeness (QED) is 0.783. The topological polar surface area (TPSA) is 72.9 Å². The number of rotatable bonds is 4. The van der Waals surface area contributed by atoms with Crippen LogP contribution in [0.5, 0.6) is 0 Å². The molecule has 0 saturated carbocycles. The molecule has 0 saturated heterocycles. The summed E-state index contributed by atoms with van der Waals surface area (Å²) in [5, 5.41) is 13.3. The number of aromatic nitrogens is 4. The molecule has 0 aliphatic carbocycles. The second-order valence-corrected chi connectivity index (χ2v) is 4.32. The lowest BCUT2D eigenvalue weighted by Gasteiger charge is -2.00. The Morgan fingerprint density at radius 1 is 1.20 bits per heavy atom. The summed E-state index contributed by atoms with van der Waals surface area (Å²) >= 11 is 0. The van der Waals surface area contributed by atoms with Crippen LogP contribution in [0.1, 0.15) is 16.2 Å². The lowest BCUT2D eigenvalue weighted by molar-refractivity contribution is 0.0691. The first-order chi connectivity index (χ1) is 9.72. The number of nitrogens with zero attached hydrogens (tertiary/aromatic N) is 4. The molecule has 0 bridgehead atoms. The molecule has 0 atom stereocenters. The van der Waals surface area contributed by atoms with E-state index in [1.165, 1.54) is 12.5 Å². The van der Waals surface area contributed by atoms with Crippen molar-refractivity contribution in [3.63, 3.8) is 0 Å². The maximum atomic E-state index is 10.8.